The molecule has 0 bridgehead atoms. The van der Waals surface area contributed by atoms with Gasteiger partial charge in [0, 0.05) is 12.6 Å². The number of nitrogens with zero attached hydrogens (tertiary/aromatic N) is 3. The van der Waals surface area contributed by atoms with Crippen molar-refractivity contribution in [3.05, 3.63) is 42.1 Å². The molecule has 2 heterocycles. The van der Waals surface area contributed by atoms with Crippen molar-refractivity contribution in [1.82, 2.24) is 14.5 Å². The highest BCUT2D eigenvalue weighted by Gasteiger charge is 2.33. The van der Waals surface area contributed by atoms with Gasteiger partial charge in [-0.1, -0.05) is 19.1 Å². The van der Waals surface area contributed by atoms with Gasteiger partial charge in [0.05, 0.1) is 16.2 Å². The topological polar surface area (TPSA) is 64.8 Å². The zero-order valence-corrected chi connectivity index (χ0v) is 14.2. The second-order valence-corrected chi connectivity index (χ2v) is 7.68. The maximum Gasteiger partial charge on any atom is 0.433 e. The van der Waals surface area contributed by atoms with E-state index in [1.807, 2.05) is 0 Å². The number of imidazole rings is 1. The van der Waals surface area contributed by atoms with Crippen molar-refractivity contribution >= 4 is 21.0 Å². The Morgan fingerprint density at radius 3 is 2.40 bits per heavy atom. The highest BCUT2D eigenvalue weighted by Crippen LogP contribution is 2.32. The number of halogens is 3. The fourth-order valence-electron chi connectivity index (χ4n) is 2.55. The number of sulfone groups is 1. The SMILES string of the molecule is CCS(=O)(=O)c1ccccc1-c1nc2nc(C(F)(F)F)ccc2n1C. The van der Waals surface area contributed by atoms with E-state index < -0.39 is 21.7 Å². The van der Waals surface area contributed by atoms with Crippen LogP contribution in [0.3, 0.4) is 0 Å². The minimum atomic E-state index is -4.57. The molecule has 3 rings (SSSR count). The summed E-state index contributed by atoms with van der Waals surface area (Å²) in [4.78, 5) is 7.80. The van der Waals surface area contributed by atoms with Crippen molar-refractivity contribution < 1.29 is 21.6 Å². The monoisotopic (exact) mass is 369 g/mol. The van der Waals surface area contributed by atoms with Crippen LogP contribution in [0.25, 0.3) is 22.6 Å². The molecule has 25 heavy (non-hydrogen) atoms. The first kappa shape index (κ1) is 17.4. The van der Waals surface area contributed by atoms with E-state index >= 15 is 0 Å². The van der Waals surface area contributed by atoms with E-state index in [0.717, 1.165) is 6.07 Å². The van der Waals surface area contributed by atoms with Gasteiger partial charge in [0.25, 0.3) is 0 Å². The molecule has 0 N–H and O–H groups in total. The van der Waals surface area contributed by atoms with Crippen LogP contribution in [0, 0.1) is 0 Å². The molecular weight excluding hydrogens is 355 g/mol. The number of alkyl halides is 3. The summed E-state index contributed by atoms with van der Waals surface area (Å²) in [7, 11) is -1.91. The van der Waals surface area contributed by atoms with E-state index in [9.17, 15) is 21.6 Å². The van der Waals surface area contributed by atoms with Gasteiger partial charge in [-0.2, -0.15) is 13.2 Å². The molecule has 5 nitrogen and oxygen atoms in total. The summed E-state index contributed by atoms with van der Waals surface area (Å²) >= 11 is 0. The van der Waals surface area contributed by atoms with Crippen LogP contribution in [-0.2, 0) is 23.1 Å². The number of rotatable bonds is 3. The van der Waals surface area contributed by atoms with Crippen LogP contribution in [0.1, 0.15) is 12.6 Å². The number of benzene rings is 1. The molecule has 2 aromatic heterocycles. The Labute approximate surface area is 142 Å². The third-order valence-electron chi connectivity index (χ3n) is 3.88. The molecule has 0 radical (unpaired) electrons. The summed E-state index contributed by atoms with van der Waals surface area (Å²) < 4.78 is 64.7. The van der Waals surface area contributed by atoms with Crippen molar-refractivity contribution in [2.75, 3.05) is 5.75 Å². The van der Waals surface area contributed by atoms with Crippen molar-refractivity contribution in [3.63, 3.8) is 0 Å². The molecule has 1 aromatic carbocycles. The zero-order chi connectivity index (χ0) is 18.4. The van der Waals surface area contributed by atoms with E-state index in [4.69, 9.17) is 0 Å². The fraction of sp³-hybridized carbons (Fsp3) is 0.250. The summed E-state index contributed by atoms with van der Waals surface area (Å²) in [5.74, 6) is 0.152. The van der Waals surface area contributed by atoms with Gasteiger partial charge in [0.2, 0.25) is 0 Å². The first-order valence-electron chi connectivity index (χ1n) is 7.38. The van der Waals surface area contributed by atoms with Crippen LogP contribution in [0.5, 0.6) is 0 Å². The zero-order valence-electron chi connectivity index (χ0n) is 13.4. The third-order valence-corrected chi connectivity index (χ3v) is 5.67. The lowest BCUT2D eigenvalue weighted by atomic mass is 10.2. The predicted octanol–water partition coefficient (Wildman–Crippen LogP) is 3.45. The molecule has 0 aliphatic rings. The minimum Gasteiger partial charge on any atom is -0.326 e. The first-order chi connectivity index (χ1) is 11.6. The van der Waals surface area contributed by atoms with Crippen molar-refractivity contribution in [3.8, 4) is 11.4 Å². The molecule has 0 aliphatic heterocycles. The minimum absolute atomic E-state index is 0.0870. The van der Waals surface area contributed by atoms with Crippen LogP contribution >= 0.6 is 0 Å². The van der Waals surface area contributed by atoms with Crippen LogP contribution in [0.2, 0.25) is 0 Å². The molecule has 0 spiro atoms. The number of hydrogen-bond acceptors (Lipinski definition) is 4. The van der Waals surface area contributed by atoms with E-state index in [-0.39, 0.29) is 22.1 Å². The molecule has 0 fully saturated rings. The summed E-state index contributed by atoms with van der Waals surface area (Å²) in [5, 5.41) is 0. The van der Waals surface area contributed by atoms with Gasteiger partial charge in [-0.05, 0) is 24.3 Å². The van der Waals surface area contributed by atoms with Gasteiger partial charge in [-0.15, -0.1) is 0 Å². The highest BCUT2D eigenvalue weighted by molar-refractivity contribution is 7.91. The molecule has 0 saturated carbocycles. The van der Waals surface area contributed by atoms with Gasteiger partial charge < -0.3 is 4.57 Å². The smallest absolute Gasteiger partial charge is 0.326 e. The summed E-state index contributed by atoms with van der Waals surface area (Å²) in [6, 6.07) is 8.43. The maximum atomic E-state index is 12.8. The Kier molecular flexibility index (Phi) is 4.06. The Bertz CT molecular complexity index is 1060. The molecule has 3 aromatic rings. The molecule has 0 saturated heterocycles. The number of fused-ring (bicyclic) bond motifs is 1. The largest absolute Gasteiger partial charge is 0.433 e. The van der Waals surface area contributed by atoms with Gasteiger partial charge >= 0.3 is 6.18 Å². The Balaban J connectivity index is 2.26. The lowest BCUT2D eigenvalue weighted by molar-refractivity contribution is -0.141. The average Bonchev–Trinajstić information content (AvgIpc) is 2.90. The Hall–Kier alpha value is -2.42. The molecular formula is C16H14F3N3O2S. The van der Waals surface area contributed by atoms with Crippen LogP contribution in [0.15, 0.2) is 41.3 Å². The lowest BCUT2D eigenvalue weighted by Crippen LogP contribution is -2.07. The van der Waals surface area contributed by atoms with Crippen LogP contribution in [-0.4, -0.2) is 28.7 Å². The highest BCUT2D eigenvalue weighted by atomic mass is 32.2. The average molecular weight is 369 g/mol. The number of aromatic nitrogens is 3. The van der Waals surface area contributed by atoms with Crippen molar-refractivity contribution in [1.29, 1.82) is 0 Å². The Morgan fingerprint density at radius 1 is 1.08 bits per heavy atom. The normalized spacial score (nSPS) is 12.7. The van der Waals surface area contributed by atoms with E-state index in [1.165, 1.54) is 23.6 Å². The van der Waals surface area contributed by atoms with Crippen LogP contribution < -0.4 is 0 Å². The molecule has 0 atom stereocenters. The second kappa shape index (κ2) is 5.83. The molecule has 0 amide bonds. The predicted molar refractivity (Wildman–Crippen MR) is 86.7 cm³/mol. The van der Waals surface area contributed by atoms with Gasteiger partial charge in [0.15, 0.2) is 15.5 Å². The summed E-state index contributed by atoms with van der Waals surface area (Å²) in [6.07, 6.45) is -4.57. The standard InChI is InChI=1S/C16H14F3N3O2S/c1-3-25(23,24)12-7-5-4-6-10(12)15-21-14-11(22(15)2)8-9-13(20-14)16(17,18)19/h4-9H,3H2,1-2H3. The van der Waals surface area contributed by atoms with Crippen LogP contribution in [0.4, 0.5) is 13.2 Å². The van der Waals surface area contributed by atoms with Gasteiger partial charge in [-0.3, -0.25) is 0 Å². The van der Waals surface area contributed by atoms with E-state index in [1.54, 1.807) is 25.2 Å². The fourth-order valence-corrected chi connectivity index (χ4v) is 3.64. The van der Waals surface area contributed by atoms with Crippen molar-refractivity contribution in [2.45, 2.75) is 18.0 Å². The number of aryl methyl sites for hydroxylation is 1. The lowest BCUT2D eigenvalue weighted by Gasteiger charge is -2.09. The van der Waals surface area contributed by atoms with Gasteiger partial charge in [-0.25, -0.2) is 18.4 Å². The first-order valence-corrected chi connectivity index (χ1v) is 9.03. The van der Waals surface area contributed by atoms with E-state index in [2.05, 4.69) is 9.97 Å². The third kappa shape index (κ3) is 2.99. The Morgan fingerprint density at radius 2 is 1.76 bits per heavy atom. The summed E-state index contributed by atoms with van der Waals surface area (Å²) in [5.41, 5.74) is -0.416. The molecule has 0 unspecified atom stereocenters. The quantitative estimate of drug-likeness (QED) is 0.709. The summed E-state index contributed by atoms with van der Waals surface area (Å²) in [6.45, 7) is 1.53. The molecule has 9 heteroatoms. The second-order valence-electron chi connectivity index (χ2n) is 5.43. The number of pyridine rings is 1. The van der Waals surface area contributed by atoms with E-state index in [0.29, 0.717) is 11.1 Å². The molecule has 132 valence electrons. The molecule has 0 aliphatic carbocycles. The van der Waals surface area contributed by atoms with Crippen molar-refractivity contribution in [2.24, 2.45) is 7.05 Å². The van der Waals surface area contributed by atoms with Gasteiger partial charge in [0.1, 0.15) is 11.5 Å². The maximum absolute atomic E-state index is 12.8. The number of hydrogen-bond donors (Lipinski definition) is 0.